The topological polar surface area (TPSA) is 54.5 Å². The molecule has 2 aromatic rings. The van der Waals surface area contributed by atoms with Gasteiger partial charge in [0.25, 0.3) is 0 Å². The Balaban J connectivity index is 2.56. The van der Waals surface area contributed by atoms with Gasteiger partial charge in [-0.05, 0) is 56.0 Å². The number of nitrogens with two attached hydrogens (primary N) is 1. The van der Waals surface area contributed by atoms with E-state index in [0.717, 1.165) is 64.1 Å². The lowest BCUT2D eigenvalue weighted by Crippen LogP contribution is -2.04. The number of pyridine rings is 1. The standard InChI is InChI=1S/C28H36N4/c1-7-22(20-32(5)6)23-11-10-12-24(18-23)27-15-14-26(25(19-30-4)17-21(2)3)28(31-27)13-8-9-16-29/h7,10-12,14-15,17-20H,1-2,8-9,13,16,29H2,3-6H3/b22-20+,25-17+,30-19?. The third-order valence-electron chi connectivity index (χ3n) is 4.93. The fraction of sp³-hybridized carbons (Fsp3) is 0.286. The molecule has 2 N–H and O–H groups in total. The van der Waals surface area contributed by atoms with Crippen molar-refractivity contribution in [3.05, 3.63) is 90.3 Å². The molecule has 0 amide bonds. The van der Waals surface area contributed by atoms with E-state index in [1.54, 1.807) is 7.05 Å². The number of hydrogen-bond acceptors (Lipinski definition) is 4. The molecule has 1 heterocycles. The van der Waals surface area contributed by atoms with Crippen LogP contribution in [0.4, 0.5) is 0 Å². The van der Waals surface area contributed by atoms with Gasteiger partial charge in [-0.2, -0.15) is 0 Å². The van der Waals surface area contributed by atoms with Crippen LogP contribution >= 0.6 is 0 Å². The third kappa shape index (κ3) is 7.17. The third-order valence-corrected chi connectivity index (χ3v) is 4.93. The highest BCUT2D eigenvalue weighted by molar-refractivity contribution is 6.10. The maximum Gasteiger partial charge on any atom is 0.0705 e. The van der Waals surface area contributed by atoms with Gasteiger partial charge in [0, 0.05) is 56.0 Å². The zero-order chi connectivity index (χ0) is 23.5. The fourth-order valence-electron chi connectivity index (χ4n) is 3.52. The molecule has 4 nitrogen and oxygen atoms in total. The van der Waals surface area contributed by atoms with Crippen molar-refractivity contribution in [2.45, 2.75) is 26.2 Å². The summed E-state index contributed by atoms with van der Waals surface area (Å²) in [5, 5.41) is 0. The molecule has 2 rings (SSSR count). The molecule has 0 spiro atoms. The summed E-state index contributed by atoms with van der Waals surface area (Å²) in [5.41, 5.74) is 14.1. The maximum absolute atomic E-state index is 5.74. The molecule has 4 heteroatoms. The van der Waals surface area contributed by atoms with Gasteiger partial charge >= 0.3 is 0 Å². The van der Waals surface area contributed by atoms with Crippen molar-refractivity contribution in [2.75, 3.05) is 27.7 Å². The van der Waals surface area contributed by atoms with E-state index >= 15 is 0 Å². The van der Waals surface area contributed by atoms with Crippen molar-refractivity contribution in [1.82, 2.24) is 9.88 Å². The molecular weight excluding hydrogens is 392 g/mol. The van der Waals surface area contributed by atoms with Crippen molar-refractivity contribution in [1.29, 1.82) is 0 Å². The van der Waals surface area contributed by atoms with E-state index in [0.29, 0.717) is 6.54 Å². The Morgan fingerprint density at radius 3 is 2.56 bits per heavy atom. The Kier molecular flexibility index (Phi) is 9.83. The number of allylic oxidation sites excluding steroid dienone is 5. The molecule has 0 atom stereocenters. The molecule has 0 bridgehead atoms. The van der Waals surface area contributed by atoms with Crippen molar-refractivity contribution < 1.29 is 0 Å². The van der Waals surface area contributed by atoms with Crippen LogP contribution < -0.4 is 5.73 Å². The number of benzene rings is 1. The van der Waals surface area contributed by atoms with Crippen LogP contribution in [0.25, 0.3) is 22.4 Å². The lowest BCUT2D eigenvalue weighted by atomic mass is 9.97. The summed E-state index contributed by atoms with van der Waals surface area (Å²) in [6, 6.07) is 12.7. The van der Waals surface area contributed by atoms with Gasteiger partial charge in [0.1, 0.15) is 0 Å². The Hall–Kier alpha value is -3.24. The highest BCUT2D eigenvalue weighted by atomic mass is 15.0. The number of rotatable bonds is 11. The molecule has 168 valence electrons. The first-order valence-electron chi connectivity index (χ1n) is 11.0. The van der Waals surface area contributed by atoms with E-state index < -0.39 is 0 Å². The summed E-state index contributed by atoms with van der Waals surface area (Å²) in [4.78, 5) is 11.4. The second kappa shape index (κ2) is 12.6. The number of aromatic nitrogens is 1. The maximum atomic E-state index is 5.74. The van der Waals surface area contributed by atoms with Gasteiger partial charge in [-0.1, -0.05) is 55.1 Å². The first-order chi connectivity index (χ1) is 15.4. The van der Waals surface area contributed by atoms with Crippen molar-refractivity contribution >= 4 is 17.4 Å². The Labute approximate surface area is 193 Å². The minimum Gasteiger partial charge on any atom is -0.383 e. The average molecular weight is 429 g/mol. The van der Waals surface area contributed by atoms with Gasteiger partial charge < -0.3 is 10.6 Å². The molecule has 0 aliphatic heterocycles. The molecule has 0 fully saturated rings. The van der Waals surface area contributed by atoms with Crippen LogP contribution in [0.5, 0.6) is 0 Å². The van der Waals surface area contributed by atoms with Crippen LogP contribution in [0.15, 0.2) is 78.5 Å². The van der Waals surface area contributed by atoms with E-state index in [-0.39, 0.29) is 0 Å². The highest BCUT2D eigenvalue weighted by Gasteiger charge is 2.12. The molecule has 0 saturated heterocycles. The lowest BCUT2D eigenvalue weighted by Gasteiger charge is -2.14. The van der Waals surface area contributed by atoms with Crippen LogP contribution in [-0.2, 0) is 6.42 Å². The molecule has 0 aliphatic carbocycles. The van der Waals surface area contributed by atoms with Crippen LogP contribution in [-0.4, -0.2) is 43.8 Å². The summed E-state index contributed by atoms with van der Waals surface area (Å²) in [6.45, 7) is 10.7. The van der Waals surface area contributed by atoms with Crippen LogP contribution in [0, 0.1) is 0 Å². The minimum atomic E-state index is 0.685. The molecule has 0 aliphatic rings. The van der Waals surface area contributed by atoms with Gasteiger partial charge in [0.05, 0.1) is 5.69 Å². The zero-order valence-electron chi connectivity index (χ0n) is 19.9. The number of hydrogen-bond donors (Lipinski definition) is 1. The fourth-order valence-corrected chi connectivity index (χ4v) is 3.52. The second-order valence-corrected chi connectivity index (χ2v) is 8.10. The highest BCUT2D eigenvalue weighted by Crippen LogP contribution is 2.27. The molecule has 32 heavy (non-hydrogen) atoms. The Morgan fingerprint density at radius 2 is 1.94 bits per heavy atom. The van der Waals surface area contributed by atoms with E-state index in [4.69, 9.17) is 10.7 Å². The first kappa shape index (κ1) is 25.0. The van der Waals surface area contributed by atoms with Crippen molar-refractivity contribution in [3.8, 4) is 11.3 Å². The molecule has 0 radical (unpaired) electrons. The monoisotopic (exact) mass is 428 g/mol. The summed E-state index contributed by atoms with van der Waals surface area (Å²) < 4.78 is 0. The van der Waals surface area contributed by atoms with Crippen LogP contribution in [0.1, 0.15) is 36.6 Å². The average Bonchev–Trinajstić information content (AvgIpc) is 2.77. The number of aryl methyl sites for hydroxylation is 1. The predicted molar refractivity (Wildman–Crippen MR) is 141 cm³/mol. The molecular formula is C28H36N4. The van der Waals surface area contributed by atoms with Crippen molar-refractivity contribution in [2.24, 2.45) is 10.7 Å². The quantitative estimate of drug-likeness (QED) is 0.280. The van der Waals surface area contributed by atoms with Crippen molar-refractivity contribution in [3.63, 3.8) is 0 Å². The van der Waals surface area contributed by atoms with E-state index in [2.05, 4.69) is 66.8 Å². The summed E-state index contributed by atoms with van der Waals surface area (Å²) >= 11 is 0. The van der Waals surface area contributed by atoms with Gasteiger partial charge in [-0.15, -0.1) is 0 Å². The lowest BCUT2D eigenvalue weighted by molar-refractivity contribution is 0.566. The van der Waals surface area contributed by atoms with Crippen LogP contribution in [0.3, 0.4) is 0 Å². The number of aliphatic imine (C=N–C) groups is 1. The first-order valence-corrected chi connectivity index (χ1v) is 11.0. The molecule has 1 aromatic heterocycles. The van der Waals surface area contributed by atoms with Gasteiger partial charge in [0.2, 0.25) is 0 Å². The van der Waals surface area contributed by atoms with Gasteiger partial charge in [0.15, 0.2) is 0 Å². The van der Waals surface area contributed by atoms with E-state index in [9.17, 15) is 0 Å². The van der Waals surface area contributed by atoms with E-state index in [1.807, 2.05) is 38.2 Å². The minimum absolute atomic E-state index is 0.685. The van der Waals surface area contributed by atoms with Gasteiger partial charge in [-0.25, -0.2) is 0 Å². The largest absolute Gasteiger partial charge is 0.383 e. The van der Waals surface area contributed by atoms with Gasteiger partial charge in [-0.3, -0.25) is 9.98 Å². The SMILES string of the molecule is C=C/C(=C\N(C)C)c1cccc(-c2ccc(/C(C=NC)=C/C(=C)C)c(CCCCN)n2)c1. The smallest absolute Gasteiger partial charge is 0.0705 e. The van der Waals surface area contributed by atoms with Crippen LogP contribution in [0.2, 0.25) is 0 Å². The molecule has 0 saturated carbocycles. The Bertz CT molecular complexity index is 1030. The number of nitrogens with zero attached hydrogens (tertiary/aromatic N) is 3. The molecule has 1 aromatic carbocycles. The van der Waals surface area contributed by atoms with E-state index in [1.165, 1.54) is 0 Å². The molecule has 0 unspecified atom stereocenters. The second-order valence-electron chi connectivity index (χ2n) is 8.10. The summed E-state index contributed by atoms with van der Waals surface area (Å²) in [7, 11) is 5.81. The predicted octanol–water partition coefficient (Wildman–Crippen LogP) is 5.78. The summed E-state index contributed by atoms with van der Waals surface area (Å²) in [5.74, 6) is 0. The Morgan fingerprint density at radius 1 is 1.16 bits per heavy atom. The zero-order valence-corrected chi connectivity index (χ0v) is 19.9. The summed E-state index contributed by atoms with van der Waals surface area (Å²) in [6.07, 6.45) is 10.7. The normalized spacial score (nSPS) is 12.3. The number of unbranched alkanes of at least 4 members (excludes halogenated alkanes) is 1.